The number of fused-ring (bicyclic) bond motifs is 1. The van der Waals surface area contributed by atoms with Crippen LogP contribution in [0.1, 0.15) is 92.6 Å². The van der Waals surface area contributed by atoms with Gasteiger partial charge in [-0.15, -0.1) is 0 Å². The molecule has 1 aromatic carbocycles. The van der Waals surface area contributed by atoms with Gasteiger partial charge in [0.25, 0.3) is 5.91 Å². The van der Waals surface area contributed by atoms with Crippen molar-refractivity contribution in [2.45, 2.75) is 102 Å². The number of piperidine rings is 1. The Morgan fingerprint density at radius 3 is 2.58 bits per heavy atom. The van der Waals surface area contributed by atoms with Crippen LogP contribution in [0.15, 0.2) is 18.2 Å². The Morgan fingerprint density at radius 1 is 1.00 bits per heavy atom. The van der Waals surface area contributed by atoms with Crippen LogP contribution in [-0.2, 0) is 22.6 Å². The molecule has 1 saturated heterocycles. The fourth-order valence-corrected chi connectivity index (χ4v) is 6.46. The Balaban J connectivity index is 1.24. The molecule has 3 fully saturated rings. The first-order valence-electron chi connectivity index (χ1n) is 13.0. The molecule has 2 heterocycles. The Hall–Kier alpha value is -2.21. The Labute approximate surface area is 196 Å². The van der Waals surface area contributed by atoms with E-state index in [0.717, 1.165) is 17.9 Å². The van der Waals surface area contributed by atoms with Crippen LogP contribution in [0.25, 0.3) is 0 Å². The van der Waals surface area contributed by atoms with Crippen LogP contribution in [-0.4, -0.2) is 40.7 Å². The van der Waals surface area contributed by atoms with Crippen molar-refractivity contribution in [1.29, 1.82) is 0 Å². The highest BCUT2D eigenvalue weighted by atomic mass is 16.2. The van der Waals surface area contributed by atoms with Crippen molar-refractivity contribution in [3.05, 3.63) is 34.9 Å². The molecule has 178 valence electrons. The number of nitrogens with one attached hydrogen (secondary N) is 2. The van der Waals surface area contributed by atoms with Gasteiger partial charge in [0.2, 0.25) is 11.8 Å². The molecule has 2 aliphatic heterocycles. The maximum atomic E-state index is 13.0. The van der Waals surface area contributed by atoms with Crippen LogP contribution >= 0.6 is 0 Å². The Morgan fingerprint density at radius 2 is 1.79 bits per heavy atom. The van der Waals surface area contributed by atoms with E-state index >= 15 is 0 Å². The summed E-state index contributed by atoms with van der Waals surface area (Å²) in [6.45, 7) is 2.83. The van der Waals surface area contributed by atoms with Gasteiger partial charge < -0.3 is 10.2 Å². The summed E-state index contributed by atoms with van der Waals surface area (Å²) < 4.78 is 0. The predicted octanol–water partition coefficient (Wildman–Crippen LogP) is 3.72. The van der Waals surface area contributed by atoms with E-state index in [4.69, 9.17) is 0 Å². The number of nitrogens with zero attached hydrogens (tertiary/aromatic N) is 1. The summed E-state index contributed by atoms with van der Waals surface area (Å²) in [5, 5.41) is 6.41. The molecule has 3 atom stereocenters. The minimum atomic E-state index is -0.545. The zero-order valence-electron chi connectivity index (χ0n) is 19.8. The normalized spacial score (nSPS) is 32.6. The lowest BCUT2D eigenvalue weighted by Crippen LogP contribution is -2.52. The van der Waals surface area contributed by atoms with Gasteiger partial charge in [-0.05, 0) is 80.4 Å². The SMILES string of the molecule is C[C@H]1CC[C@@H](N[C@H]2CCCC[C@@H]2Cc2ccc3c(c2)CN(C2CCC(=O)NC2=O)C3=O)CC1. The molecule has 0 radical (unpaired) electrons. The van der Waals surface area contributed by atoms with E-state index in [9.17, 15) is 14.4 Å². The molecule has 1 aromatic rings. The summed E-state index contributed by atoms with van der Waals surface area (Å²) in [6.07, 6.45) is 12.2. The third kappa shape index (κ3) is 4.86. The third-order valence-electron chi connectivity index (χ3n) is 8.46. The summed E-state index contributed by atoms with van der Waals surface area (Å²) in [7, 11) is 0. The zero-order chi connectivity index (χ0) is 22.9. The van der Waals surface area contributed by atoms with Crippen molar-refractivity contribution >= 4 is 17.7 Å². The highest BCUT2D eigenvalue weighted by Gasteiger charge is 2.39. The number of imide groups is 1. The second kappa shape index (κ2) is 9.57. The van der Waals surface area contributed by atoms with Crippen LogP contribution in [0.5, 0.6) is 0 Å². The van der Waals surface area contributed by atoms with Gasteiger partial charge in [-0.3, -0.25) is 19.7 Å². The highest BCUT2D eigenvalue weighted by Crippen LogP contribution is 2.33. The van der Waals surface area contributed by atoms with Gasteiger partial charge in [-0.1, -0.05) is 31.9 Å². The first-order valence-corrected chi connectivity index (χ1v) is 13.0. The standard InChI is InChI=1S/C27H37N3O3/c1-17-6-9-21(10-7-17)28-23-5-3-2-4-19(23)14-18-8-11-22-20(15-18)16-30(27(22)33)24-12-13-25(31)29-26(24)32/h8,11,15,17,19,21,23-24,28H,2-7,9-10,12-14,16H2,1H3,(H,29,31,32)/t17-,19-,21+,23+,24?/m1/s1. The van der Waals surface area contributed by atoms with Crippen LogP contribution in [0.4, 0.5) is 0 Å². The van der Waals surface area contributed by atoms with Crippen molar-refractivity contribution in [1.82, 2.24) is 15.5 Å². The summed E-state index contributed by atoms with van der Waals surface area (Å²) >= 11 is 0. The van der Waals surface area contributed by atoms with Crippen molar-refractivity contribution in [3.63, 3.8) is 0 Å². The number of carbonyl (C=O) groups is 3. The summed E-state index contributed by atoms with van der Waals surface area (Å²) in [4.78, 5) is 38.4. The second-order valence-electron chi connectivity index (χ2n) is 10.9. The number of hydrogen-bond acceptors (Lipinski definition) is 4. The third-order valence-corrected chi connectivity index (χ3v) is 8.46. The molecule has 1 unspecified atom stereocenters. The van der Waals surface area contributed by atoms with E-state index in [0.29, 0.717) is 36.5 Å². The van der Waals surface area contributed by atoms with Crippen molar-refractivity contribution in [2.75, 3.05) is 0 Å². The molecule has 0 spiro atoms. The maximum Gasteiger partial charge on any atom is 0.255 e. The first kappa shape index (κ1) is 22.6. The summed E-state index contributed by atoms with van der Waals surface area (Å²) in [5.41, 5.74) is 3.02. The van der Waals surface area contributed by atoms with Gasteiger partial charge in [-0.2, -0.15) is 0 Å². The average Bonchev–Trinajstić information content (AvgIpc) is 3.12. The topological polar surface area (TPSA) is 78.5 Å². The van der Waals surface area contributed by atoms with Crippen LogP contribution in [0.3, 0.4) is 0 Å². The molecular formula is C27H37N3O3. The quantitative estimate of drug-likeness (QED) is 0.669. The lowest BCUT2D eigenvalue weighted by molar-refractivity contribution is -0.136. The number of rotatable bonds is 5. The molecular weight excluding hydrogens is 414 g/mol. The van der Waals surface area contributed by atoms with E-state index in [-0.39, 0.29) is 24.1 Å². The fraction of sp³-hybridized carbons (Fsp3) is 0.667. The van der Waals surface area contributed by atoms with E-state index in [1.54, 1.807) is 4.90 Å². The first-order chi connectivity index (χ1) is 16.0. The van der Waals surface area contributed by atoms with E-state index < -0.39 is 6.04 Å². The maximum absolute atomic E-state index is 13.0. The molecule has 6 heteroatoms. The lowest BCUT2D eigenvalue weighted by atomic mass is 9.79. The minimum Gasteiger partial charge on any atom is -0.322 e. The van der Waals surface area contributed by atoms with E-state index in [2.05, 4.69) is 29.7 Å². The van der Waals surface area contributed by atoms with E-state index in [1.807, 2.05) is 6.07 Å². The number of hydrogen-bond donors (Lipinski definition) is 2. The molecule has 2 aliphatic carbocycles. The molecule has 2 saturated carbocycles. The van der Waals surface area contributed by atoms with Crippen LogP contribution in [0.2, 0.25) is 0 Å². The minimum absolute atomic E-state index is 0.0882. The van der Waals surface area contributed by atoms with Gasteiger partial charge in [0.15, 0.2) is 0 Å². The van der Waals surface area contributed by atoms with Gasteiger partial charge in [0.1, 0.15) is 6.04 Å². The average molecular weight is 452 g/mol. The number of benzene rings is 1. The predicted molar refractivity (Wildman–Crippen MR) is 126 cm³/mol. The number of carbonyl (C=O) groups excluding carboxylic acids is 3. The monoisotopic (exact) mass is 451 g/mol. The Kier molecular flexibility index (Phi) is 6.55. The molecule has 6 nitrogen and oxygen atoms in total. The molecule has 0 aromatic heterocycles. The number of amides is 3. The molecule has 2 N–H and O–H groups in total. The largest absolute Gasteiger partial charge is 0.322 e. The summed E-state index contributed by atoms with van der Waals surface area (Å²) in [6, 6.07) is 6.97. The fourth-order valence-electron chi connectivity index (χ4n) is 6.46. The molecule has 3 amide bonds. The van der Waals surface area contributed by atoms with Crippen LogP contribution < -0.4 is 10.6 Å². The molecule has 4 aliphatic rings. The van der Waals surface area contributed by atoms with Gasteiger partial charge in [-0.25, -0.2) is 0 Å². The van der Waals surface area contributed by atoms with Gasteiger partial charge >= 0.3 is 0 Å². The van der Waals surface area contributed by atoms with Crippen molar-refractivity contribution in [3.8, 4) is 0 Å². The smallest absolute Gasteiger partial charge is 0.255 e. The lowest BCUT2D eigenvalue weighted by Gasteiger charge is -2.37. The van der Waals surface area contributed by atoms with Gasteiger partial charge in [0.05, 0.1) is 0 Å². The molecule has 0 bridgehead atoms. The molecule has 5 rings (SSSR count). The second-order valence-corrected chi connectivity index (χ2v) is 10.9. The van der Waals surface area contributed by atoms with Gasteiger partial charge in [0, 0.05) is 30.6 Å². The highest BCUT2D eigenvalue weighted by molar-refractivity contribution is 6.05. The zero-order valence-corrected chi connectivity index (χ0v) is 19.8. The van der Waals surface area contributed by atoms with E-state index in [1.165, 1.54) is 56.9 Å². The van der Waals surface area contributed by atoms with Crippen molar-refractivity contribution < 1.29 is 14.4 Å². The van der Waals surface area contributed by atoms with Crippen molar-refractivity contribution in [2.24, 2.45) is 11.8 Å². The summed E-state index contributed by atoms with van der Waals surface area (Å²) in [5.74, 6) is 0.829. The Bertz CT molecular complexity index is 921. The molecule has 33 heavy (non-hydrogen) atoms. The van der Waals surface area contributed by atoms with Crippen LogP contribution in [0, 0.1) is 11.8 Å².